The molecule has 31 heavy (non-hydrogen) atoms. The van der Waals surface area contributed by atoms with Crippen LogP contribution in [0.5, 0.6) is 0 Å². The quantitative estimate of drug-likeness (QED) is 0.608. The SMILES string of the molecule is CC(C)(C)n1ncc2c(=O)n3c(nc21)SCC3CC(=O)Nc1ccccc1C(F)(F)F. The molecule has 2 aromatic heterocycles. The maximum atomic E-state index is 13.2. The number of anilines is 1. The fourth-order valence-corrected chi connectivity index (χ4v) is 4.66. The van der Waals surface area contributed by atoms with Gasteiger partial charge in [-0.3, -0.25) is 14.2 Å². The number of aromatic nitrogens is 4. The van der Waals surface area contributed by atoms with Crippen molar-refractivity contribution in [3.63, 3.8) is 0 Å². The number of halogens is 3. The number of benzene rings is 1. The van der Waals surface area contributed by atoms with E-state index in [0.29, 0.717) is 21.9 Å². The third-order valence-corrected chi connectivity index (χ3v) is 6.03. The highest BCUT2D eigenvalue weighted by Crippen LogP contribution is 2.36. The number of carbonyl (C=O) groups is 1. The summed E-state index contributed by atoms with van der Waals surface area (Å²) in [5.74, 6) is -0.181. The average molecular weight is 451 g/mol. The third kappa shape index (κ3) is 3.93. The lowest BCUT2D eigenvalue weighted by Gasteiger charge is -2.20. The lowest BCUT2D eigenvalue weighted by Crippen LogP contribution is -2.29. The molecule has 4 rings (SSSR count). The molecule has 1 aromatic carbocycles. The molecule has 1 amide bonds. The van der Waals surface area contributed by atoms with E-state index in [1.54, 1.807) is 4.68 Å². The number of rotatable bonds is 3. The Hall–Kier alpha value is -2.82. The van der Waals surface area contributed by atoms with Gasteiger partial charge in [-0.2, -0.15) is 18.3 Å². The van der Waals surface area contributed by atoms with Crippen molar-refractivity contribution < 1.29 is 18.0 Å². The third-order valence-electron chi connectivity index (χ3n) is 4.93. The van der Waals surface area contributed by atoms with Gasteiger partial charge >= 0.3 is 6.18 Å². The second-order valence-corrected chi connectivity index (χ2v) is 9.28. The predicted molar refractivity (Wildman–Crippen MR) is 111 cm³/mol. The minimum Gasteiger partial charge on any atom is -0.325 e. The number of nitrogens with one attached hydrogen (secondary N) is 1. The largest absolute Gasteiger partial charge is 0.418 e. The number of para-hydroxylation sites is 1. The Labute approximate surface area is 179 Å². The van der Waals surface area contributed by atoms with Gasteiger partial charge in [0.2, 0.25) is 5.91 Å². The minimum absolute atomic E-state index is 0.146. The highest BCUT2D eigenvalue weighted by atomic mass is 32.2. The van der Waals surface area contributed by atoms with Gasteiger partial charge in [-0.1, -0.05) is 23.9 Å². The number of nitrogens with zero attached hydrogens (tertiary/aromatic N) is 4. The predicted octanol–water partition coefficient (Wildman–Crippen LogP) is 4.04. The molecule has 3 heterocycles. The molecule has 1 aliphatic heterocycles. The topological polar surface area (TPSA) is 81.8 Å². The summed E-state index contributed by atoms with van der Waals surface area (Å²) in [5, 5.41) is 7.43. The van der Waals surface area contributed by atoms with Gasteiger partial charge in [0, 0.05) is 12.2 Å². The molecule has 1 unspecified atom stereocenters. The number of fused-ring (bicyclic) bond motifs is 2. The lowest BCUT2D eigenvalue weighted by molar-refractivity contribution is -0.137. The molecule has 11 heteroatoms. The van der Waals surface area contributed by atoms with Crippen molar-refractivity contribution in [2.45, 2.75) is 50.1 Å². The Morgan fingerprint density at radius 1 is 1.26 bits per heavy atom. The summed E-state index contributed by atoms with van der Waals surface area (Å²) < 4.78 is 42.6. The van der Waals surface area contributed by atoms with Gasteiger partial charge < -0.3 is 5.32 Å². The van der Waals surface area contributed by atoms with Gasteiger partial charge in [-0.05, 0) is 32.9 Å². The van der Waals surface area contributed by atoms with Crippen molar-refractivity contribution in [2.24, 2.45) is 0 Å². The first-order chi connectivity index (χ1) is 14.5. The van der Waals surface area contributed by atoms with E-state index in [-0.39, 0.29) is 23.2 Å². The maximum Gasteiger partial charge on any atom is 0.418 e. The Kier molecular flexibility index (Phi) is 5.11. The van der Waals surface area contributed by atoms with Crippen LogP contribution in [0.4, 0.5) is 18.9 Å². The van der Waals surface area contributed by atoms with E-state index in [1.807, 2.05) is 20.8 Å². The van der Waals surface area contributed by atoms with E-state index in [9.17, 15) is 22.8 Å². The molecule has 1 N–H and O–H groups in total. The zero-order chi connectivity index (χ0) is 22.6. The maximum absolute atomic E-state index is 13.2. The van der Waals surface area contributed by atoms with Crippen molar-refractivity contribution in [3.05, 3.63) is 46.4 Å². The van der Waals surface area contributed by atoms with Crippen LogP contribution in [0.1, 0.15) is 38.8 Å². The van der Waals surface area contributed by atoms with Crippen molar-refractivity contribution in [3.8, 4) is 0 Å². The van der Waals surface area contributed by atoms with Gasteiger partial charge in [0.15, 0.2) is 10.8 Å². The second kappa shape index (κ2) is 7.40. The first kappa shape index (κ1) is 21.4. The van der Waals surface area contributed by atoms with E-state index < -0.39 is 23.7 Å². The Morgan fingerprint density at radius 2 is 1.97 bits per heavy atom. The van der Waals surface area contributed by atoms with Crippen molar-refractivity contribution in [1.29, 1.82) is 0 Å². The van der Waals surface area contributed by atoms with E-state index in [0.717, 1.165) is 6.07 Å². The number of hydrogen-bond donors (Lipinski definition) is 1. The molecular weight excluding hydrogens is 431 g/mol. The zero-order valence-electron chi connectivity index (χ0n) is 17.0. The van der Waals surface area contributed by atoms with Gasteiger partial charge in [-0.15, -0.1) is 0 Å². The first-order valence-corrected chi connectivity index (χ1v) is 10.5. The van der Waals surface area contributed by atoms with Gasteiger partial charge in [0.1, 0.15) is 5.39 Å². The van der Waals surface area contributed by atoms with Crippen LogP contribution >= 0.6 is 11.8 Å². The highest BCUT2D eigenvalue weighted by molar-refractivity contribution is 7.99. The van der Waals surface area contributed by atoms with E-state index in [2.05, 4.69) is 15.4 Å². The number of alkyl halides is 3. The molecule has 7 nitrogen and oxygen atoms in total. The average Bonchev–Trinajstić information content (AvgIpc) is 3.26. The standard InChI is InChI=1S/C20H20F3N5O2S/c1-19(2,3)28-16-12(9-24-28)17(30)27-11(10-31-18(27)26-16)8-15(29)25-14-7-5-4-6-13(14)20(21,22)23/h4-7,9,11H,8,10H2,1-3H3,(H,25,29). The fraction of sp³-hybridized carbons (Fsp3) is 0.400. The van der Waals surface area contributed by atoms with Gasteiger partial charge in [-0.25, -0.2) is 9.67 Å². The van der Waals surface area contributed by atoms with Gasteiger partial charge in [0.05, 0.1) is 29.0 Å². The number of carbonyl (C=O) groups excluding carboxylic acids is 1. The van der Waals surface area contributed by atoms with Crippen LogP contribution in [0.2, 0.25) is 0 Å². The number of amides is 1. The summed E-state index contributed by atoms with van der Waals surface area (Å²) in [6.07, 6.45) is -3.27. The van der Waals surface area contributed by atoms with Crippen LogP contribution < -0.4 is 10.9 Å². The summed E-state index contributed by atoms with van der Waals surface area (Å²) in [4.78, 5) is 30.2. The Balaban J connectivity index is 1.61. The second-order valence-electron chi connectivity index (χ2n) is 8.29. The molecule has 0 aliphatic carbocycles. The van der Waals surface area contributed by atoms with E-state index in [4.69, 9.17) is 0 Å². The van der Waals surface area contributed by atoms with Crippen molar-refractivity contribution in [1.82, 2.24) is 19.3 Å². The normalized spacial score (nSPS) is 16.5. The molecule has 3 aromatic rings. The molecule has 0 saturated carbocycles. The van der Waals surface area contributed by atoms with Crippen molar-refractivity contribution in [2.75, 3.05) is 11.1 Å². The molecule has 1 atom stereocenters. The van der Waals surface area contributed by atoms with Gasteiger partial charge in [0.25, 0.3) is 5.56 Å². The number of thioether (sulfide) groups is 1. The summed E-state index contributed by atoms with van der Waals surface area (Å²) in [6, 6.07) is 4.28. The van der Waals surface area contributed by atoms with Crippen LogP contribution in [0.25, 0.3) is 11.0 Å². The Bertz CT molecular complexity index is 1230. The molecule has 1 aliphatic rings. The summed E-state index contributed by atoms with van der Waals surface area (Å²) in [7, 11) is 0. The zero-order valence-corrected chi connectivity index (χ0v) is 17.8. The fourth-order valence-electron chi connectivity index (χ4n) is 3.53. The summed E-state index contributed by atoms with van der Waals surface area (Å²) >= 11 is 1.33. The van der Waals surface area contributed by atoms with Crippen LogP contribution in [0.3, 0.4) is 0 Å². The minimum atomic E-state index is -4.58. The van der Waals surface area contributed by atoms with Crippen LogP contribution in [-0.2, 0) is 16.5 Å². The summed E-state index contributed by atoms with van der Waals surface area (Å²) in [5.41, 5.74) is -1.43. The first-order valence-electron chi connectivity index (χ1n) is 9.56. The molecule has 0 saturated heterocycles. The smallest absolute Gasteiger partial charge is 0.325 e. The highest BCUT2D eigenvalue weighted by Gasteiger charge is 2.34. The van der Waals surface area contributed by atoms with Crippen LogP contribution in [-0.4, -0.2) is 31.0 Å². The monoisotopic (exact) mass is 451 g/mol. The van der Waals surface area contributed by atoms with E-state index in [1.165, 1.54) is 40.7 Å². The van der Waals surface area contributed by atoms with E-state index >= 15 is 0 Å². The molecule has 164 valence electrons. The molecule has 0 fully saturated rings. The van der Waals surface area contributed by atoms with Crippen molar-refractivity contribution >= 4 is 34.4 Å². The lowest BCUT2D eigenvalue weighted by atomic mass is 10.1. The molecular formula is C20H20F3N5O2S. The summed E-state index contributed by atoms with van der Waals surface area (Å²) in [6.45, 7) is 5.85. The van der Waals surface area contributed by atoms with Crippen LogP contribution in [0, 0.1) is 0 Å². The van der Waals surface area contributed by atoms with Crippen LogP contribution in [0.15, 0.2) is 40.4 Å². The molecule has 0 radical (unpaired) electrons. The molecule has 0 spiro atoms. The number of hydrogen-bond acceptors (Lipinski definition) is 5. The Morgan fingerprint density at radius 3 is 2.65 bits per heavy atom. The molecule has 0 bridgehead atoms.